The summed E-state index contributed by atoms with van der Waals surface area (Å²) in [6.45, 7) is 7.09. The first kappa shape index (κ1) is 10.6. The molecule has 1 aromatic carbocycles. The van der Waals surface area contributed by atoms with Gasteiger partial charge in [-0.1, -0.05) is 48.8 Å². The zero-order valence-electron chi connectivity index (χ0n) is 10.0. The van der Waals surface area contributed by atoms with Crippen LogP contribution < -0.4 is 0 Å². The lowest BCUT2D eigenvalue weighted by Gasteiger charge is -2.46. The summed E-state index contributed by atoms with van der Waals surface area (Å²) in [5, 5.41) is 0. The Hall–Kier alpha value is -0.560. The van der Waals surface area contributed by atoms with Crippen molar-refractivity contribution < 1.29 is 0 Å². The predicted molar refractivity (Wildman–Crippen MR) is 72.4 cm³/mol. The van der Waals surface area contributed by atoms with E-state index in [0.717, 1.165) is 11.8 Å². The highest BCUT2D eigenvalue weighted by Crippen LogP contribution is 2.53. The number of hydrogen-bond acceptors (Lipinski definition) is 0. The zero-order valence-corrected chi connectivity index (χ0v) is 11.6. The Balaban J connectivity index is 2.22. The molecule has 2 aliphatic rings. The maximum atomic E-state index is 3.59. The first-order valence-electron chi connectivity index (χ1n) is 6.01. The van der Waals surface area contributed by atoms with Gasteiger partial charge in [0.2, 0.25) is 0 Å². The van der Waals surface area contributed by atoms with Gasteiger partial charge in [-0.05, 0) is 52.5 Å². The molecule has 0 fully saturated rings. The minimum Gasteiger partial charge on any atom is -0.0770 e. The second-order valence-corrected chi connectivity index (χ2v) is 6.78. The largest absolute Gasteiger partial charge is 0.0770 e. The van der Waals surface area contributed by atoms with Crippen LogP contribution in [0.3, 0.4) is 0 Å². The Bertz CT molecular complexity index is 482. The van der Waals surface area contributed by atoms with E-state index in [1.165, 1.54) is 22.0 Å². The molecule has 0 N–H and O–H groups in total. The summed E-state index contributed by atoms with van der Waals surface area (Å²) in [6.07, 6.45) is 3.74. The van der Waals surface area contributed by atoms with E-state index in [1.54, 1.807) is 5.57 Å². The van der Waals surface area contributed by atoms with Gasteiger partial charge in [-0.25, -0.2) is 0 Å². The quantitative estimate of drug-likeness (QED) is 0.640. The molecule has 0 nitrogen and oxygen atoms in total. The molecule has 2 atom stereocenters. The fraction of sp³-hybridized carbons (Fsp3) is 0.467. The standard InChI is InChI=1S/C15H17Br/c1-9-6-11-12-7-10(16)4-5-14(12)15(2,3)8-13(9)11/h4-7,9,13H,8H2,1-3H3. The van der Waals surface area contributed by atoms with Gasteiger partial charge in [0.05, 0.1) is 0 Å². The van der Waals surface area contributed by atoms with E-state index in [4.69, 9.17) is 0 Å². The van der Waals surface area contributed by atoms with E-state index >= 15 is 0 Å². The maximum absolute atomic E-state index is 3.59. The number of fused-ring (bicyclic) bond motifs is 3. The topological polar surface area (TPSA) is 0 Å². The van der Waals surface area contributed by atoms with Crippen LogP contribution in [-0.4, -0.2) is 0 Å². The molecule has 0 saturated carbocycles. The molecule has 0 aromatic heterocycles. The minimum atomic E-state index is 0.326. The molecule has 0 heterocycles. The molecule has 2 unspecified atom stereocenters. The fourth-order valence-corrected chi connectivity index (χ4v) is 3.64. The number of hydrogen-bond donors (Lipinski definition) is 0. The molecule has 3 rings (SSSR count). The summed E-state index contributed by atoms with van der Waals surface area (Å²) in [7, 11) is 0. The van der Waals surface area contributed by atoms with Crippen molar-refractivity contribution in [1.82, 2.24) is 0 Å². The molecule has 0 spiro atoms. The van der Waals surface area contributed by atoms with Crippen LogP contribution in [0.5, 0.6) is 0 Å². The van der Waals surface area contributed by atoms with Crippen LogP contribution in [-0.2, 0) is 5.41 Å². The van der Waals surface area contributed by atoms with Crippen molar-refractivity contribution in [3.05, 3.63) is 39.9 Å². The van der Waals surface area contributed by atoms with Crippen LogP contribution in [0.1, 0.15) is 38.3 Å². The lowest BCUT2D eigenvalue weighted by atomic mass is 9.58. The Kier molecular flexibility index (Phi) is 2.13. The minimum absolute atomic E-state index is 0.326. The number of benzene rings is 1. The van der Waals surface area contributed by atoms with E-state index in [2.05, 4.69) is 61.0 Å². The van der Waals surface area contributed by atoms with Crippen molar-refractivity contribution in [3.63, 3.8) is 0 Å². The van der Waals surface area contributed by atoms with Crippen molar-refractivity contribution in [2.45, 2.75) is 32.6 Å². The molecule has 16 heavy (non-hydrogen) atoms. The summed E-state index contributed by atoms with van der Waals surface area (Å²) >= 11 is 3.59. The van der Waals surface area contributed by atoms with E-state index in [1.807, 2.05) is 0 Å². The molecule has 0 amide bonds. The van der Waals surface area contributed by atoms with Crippen LogP contribution in [0.2, 0.25) is 0 Å². The lowest BCUT2D eigenvalue weighted by molar-refractivity contribution is 0.330. The van der Waals surface area contributed by atoms with Crippen molar-refractivity contribution >= 4 is 21.5 Å². The van der Waals surface area contributed by atoms with Gasteiger partial charge < -0.3 is 0 Å². The summed E-state index contributed by atoms with van der Waals surface area (Å²) in [4.78, 5) is 0. The molecule has 0 radical (unpaired) electrons. The third kappa shape index (κ3) is 1.34. The number of halogens is 1. The number of rotatable bonds is 0. The van der Waals surface area contributed by atoms with Gasteiger partial charge in [0.15, 0.2) is 0 Å². The van der Waals surface area contributed by atoms with Crippen molar-refractivity contribution in [2.24, 2.45) is 11.8 Å². The molecule has 2 aliphatic carbocycles. The summed E-state index contributed by atoms with van der Waals surface area (Å²) < 4.78 is 1.20. The van der Waals surface area contributed by atoms with Crippen LogP contribution in [0.4, 0.5) is 0 Å². The van der Waals surface area contributed by atoms with Crippen molar-refractivity contribution in [1.29, 1.82) is 0 Å². The van der Waals surface area contributed by atoms with Gasteiger partial charge in [-0.3, -0.25) is 0 Å². The lowest BCUT2D eigenvalue weighted by Crippen LogP contribution is -2.36. The smallest absolute Gasteiger partial charge is 0.0181 e. The molecular formula is C15H17Br. The van der Waals surface area contributed by atoms with Gasteiger partial charge in [-0.2, -0.15) is 0 Å². The number of allylic oxidation sites excluding steroid dienone is 2. The van der Waals surface area contributed by atoms with Crippen LogP contribution in [0, 0.1) is 11.8 Å². The average molecular weight is 277 g/mol. The van der Waals surface area contributed by atoms with Crippen LogP contribution >= 0.6 is 15.9 Å². The summed E-state index contributed by atoms with van der Waals surface area (Å²) in [5.74, 6) is 1.55. The SMILES string of the molecule is CC1C=C2c3cc(Br)ccc3C(C)(C)CC21. The monoisotopic (exact) mass is 276 g/mol. The van der Waals surface area contributed by atoms with Gasteiger partial charge in [0.1, 0.15) is 0 Å². The normalized spacial score (nSPS) is 29.9. The van der Waals surface area contributed by atoms with Crippen LogP contribution in [0.25, 0.3) is 5.57 Å². The molecule has 0 saturated heterocycles. The average Bonchev–Trinajstić information content (AvgIpc) is 2.21. The van der Waals surface area contributed by atoms with Crippen LogP contribution in [0.15, 0.2) is 28.7 Å². The predicted octanol–water partition coefficient (Wildman–Crippen LogP) is 4.78. The highest BCUT2D eigenvalue weighted by molar-refractivity contribution is 9.10. The van der Waals surface area contributed by atoms with Gasteiger partial charge in [-0.15, -0.1) is 0 Å². The molecule has 1 aromatic rings. The Morgan fingerprint density at radius 3 is 2.75 bits per heavy atom. The molecule has 84 valence electrons. The molecular weight excluding hydrogens is 260 g/mol. The van der Waals surface area contributed by atoms with E-state index in [9.17, 15) is 0 Å². The van der Waals surface area contributed by atoms with Gasteiger partial charge >= 0.3 is 0 Å². The Labute approximate surface area is 106 Å². The van der Waals surface area contributed by atoms with Crippen molar-refractivity contribution in [3.8, 4) is 0 Å². The fourth-order valence-electron chi connectivity index (χ4n) is 3.28. The Morgan fingerprint density at radius 1 is 1.31 bits per heavy atom. The third-order valence-electron chi connectivity index (χ3n) is 4.23. The maximum Gasteiger partial charge on any atom is 0.0181 e. The highest BCUT2D eigenvalue weighted by Gasteiger charge is 2.41. The second kappa shape index (κ2) is 3.22. The van der Waals surface area contributed by atoms with Gasteiger partial charge in [0, 0.05) is 4.47 Å². The summed E-state index contributed by atoms with van der Waals surface area (Å²) in [5.41, 5.74) is 4.91. The van der Waals surface area contributed by atoms with E-state index in [-0.39, 0.29) is 0 Å². The van der Waals surface area contributed by atoms with Gasteiger partial charge in [0.25, 0.3) is 0 Å². The molecule has 1 heteroatoms. The highest BCUT2D eigenvalue weighted by atomic mass is 79.9. The Morgan fingerprint density at radius 2 is 2.06 bits per heavy atom. The second-order valence-electron chi connectivity index (χ2n) is 5.87. The molecule has 0 bridgehead atoms. The summed E-state index contributed by atoms with van der Waals surface area (Å²) in [6, 6.07) is 6.75. The first-order valence-corrected chi connectivity index (χ1v) is 6.80. The van der Waals surface area contributed by atoms with Crippen molar-refractivity contribution in [2.75, 3.05) is 0 Å². The van der Waals surface area contributed by atoms with E-state index < -0.39 is 0 Å². The molecule has 0 aliphatic heterocycles. The van der Waals surface area contributed by atoms with E-state index in [0.29, 0.717) is 5.41 Å². The zero-order chi connectivity index (χ0) is 11.5. The first-order chi connectivity index (χ1) is 7.49. The third-order valence-corrected chi connectivity index (χ3v) is 4.72.